The maximum Gasteiger partial charge on any atom is 0.320 e. The number of aromatic nitrogens is 2. The lowest BCUT2D eigenvalue weighted by Gasteiger charge is -2.25. The van der Waals surface area contributed by atoms with E-state index in [2.05, 4.69) is 20.6 Å². The molecular formula is C16H23N5O2. The van der Waals surface area contributed by atoms with Gasteiger partial charge in [0, 0.05) is 25.9 Å². The molecule has 124 valence electrons. The molecule has 1 aromatic heterocycles. The minimum absolute atomic E-state index is 0.0413. The van der Waals surface area contributed by atoms with E-state index >= 15 is 0 Å². The number of rotatable bonds is 6. The lowest BCUT2D eigenvalue weighted by atomic mass is 10.1. The van der Waals surface area contributed by atoms with Gasteiger partial charge in [0.05, 0.1) is 13.2 Å². The average molecular weight is 317 g/mol. The van der Waals surface area contributed by atoms with Gasteiger partial charge in [0.15, 0.2) is 5.82 Å². The first-order valence-corrected chi connectivity index (χ1v) is 7.34. The topological polar surface area (TPSA) is 71.4 Å². The summed E-state index contributed by atoms with van der Waals surface area (Å²) in [6, 6.07) is 9.34. The Morgan fingerprint density at radius 2 is 2.17 bits per heavy atom. The standard InChI is InChI=1S/C16H23N5O2/c1-20(2)14(12-6-5-7-13(10-12)23-4)11-17-16(22)18-15-8-9-21(3)19-15/h5-10,14H,11H2,1-4H3,(H2,17,18,19,22). The Bertz CT molecular complexity index is 653. The Labute approximate surface area is 136 Å². The molecular weight excluding hydrogens is 294 g/mol. The summed E-state index contributed by atoms with van der Waals surface area (Å²) in [6.45, 7) is 0.471. The smallest absolute Gasteiger partial charge is 0.320 e. The molecule has 0 saturated carbocycles. The summed E-state index contributed by atoms with van der Waals surface area (Å²) < 4.78 is 6.90. The molecule has 0 radical (unpaired) electrons. The van der Waals surface area contributed by atoms with Crippen molar-refractivity contribution >= 4 is 11.8 Å². The molecule has 1 aromatic carbocycles. The van der Waals surface area contributed by atoms with E-state index in [-0.39, 0.29) is 12.1 Å². The molecule has 1 heterocycles. The highest BCUT2D eigenvalue weighted by Crippen LogP contribution is 2.22. The van der Waals surface area contributed by atoms with Crippen molar-refractivity contribution in [3.05, 3.63) is 42.1 Å². The van der Waals surface area contributed by atoms with E-state index in [1.54, 1.807) is 31.1 Å². The summed E-state index contributed by atoms with van der Waals surface area (Å²) in [5.41, 5.74) is 1.08. The molecule has 0 aliphatic carbocycles. The molecule has 2 rings (SSSR count). The first-order valence-electron chi connectivity index (χ1n) is 7.34. The number of carbonyl (C=O) groups excluding carboxylic acids is 1. The number of amides is 2. The molecule has 23 heavy (non-hydrogen) atoms. The summed E-state index contributed by atoms with van der Waals surface area (Å²) in [5.74, 6) is 1.32. The van der Waals surface area contributed by atoms with Gasteiger partial charge in [0.1, 0.15) is 5.75 Å². The molecule has 2 N–H and O–H groups in total. The van der Waals surface area contributed by atoms with Gasteiger partial charge in [-0.1, -0.05) is 12.1 Å². The van der Waals surface area contributed by atoms with Crippen LogP contribution in [0.4, 0.5) is 10.6 Å². The largest absolute Gasteiger partial charge is 0.497 e. The fourth-order valence-corrected chi connectivity index (χ4v) is 2.28. The maximum absolute atomic E-state index is 12.0. The van der Waals surface area contributed by atoms with E-state index in [9.17, 15) is 4.79 Å². The summed E-state index contributed by atoms with van der Waals surface area (Å²) in [6.07, 6.45) is 1.77. The number of hydrogen-bond acceptors (Lipinski definition) is 4. The van der Waals surface area contributed by atoms with Crippen LogP contribution in [0.25, 0.3) is 0 Å². The van der Waals surface area contributed by atoms with Crippen LogP contribution in [-0.2, 0) is 7.05 Å². The Hall–Kier alpha value is -2.54. The summed E-state index contributed by atoms with van der Waals surface area (Å²) in [7, 11) is 7.39. The fourth-order valence-electron chi connectivity index (χ4n) is 2.28. The van der Waals surface area contributed by atoms with Crippen molar-refractivity contribution in [2.75, 3.05) is 33.1 Å². The zero-order valence-corrected chi connectivity index (χ0v) is 13.9. The van der Waals surface area contributed by atoms with E-state index in [0.717, 1.165) is 11.3 Å². The number of benzene rings is 1. The minimum atomic E-state index is -0.279. The third-order valence-electron chi connectivity index (χ3n) is 3.51. The molecule has 0 bridgehead atoms. The Morgan fingerprint density at radius 3 is 2.78 bits per heavy atom. The normalized spacial score (nSPS) is 12.0. The minimum Gasteiger partial charge on any atom is -0.497 e. The highest BCUT2D eigenvalue weighted by atomic mass is 16.5. The van der Waals surface area contributed by atoms with Gasteiger partial charge in [0.25, 0.3) is 0 Å². The van der Waals surface area contributed by atoms with Crippen LogP contribution in [0.3, 0.4) is 0 Å². The van der Waals surface area contributed by atoms with Crippen molar-refractivity contribution in [2.45, 2.75) is 6.04 Å². The second-order valence-corrected chi connectivity index (χ2v) is 5.47. The lowest BCUT2D eigenvalue weighted by Crippen LogP contribution is -2.37. The van der Waals surface area contributed by atoms with Gasteiger partial charge in [0.2, 0.25) is 0 Å². The van der Waals surface area contributed by atoms with E-state index in [4.69, 9.17) is 4.74 Å². The maximum atomic E-state index is 12.0. The highest BCUT2D eigenvalue weighted by Gasteiger charge is 2.16. The number of ether oxygens (including phenoxy) is 1. The monoisotopic (exact) mass is 317 g/mol. The van der Waals surface area contributed by atoms with Crippen molar-refractivity contribution < 1.29 is 9.53 Å². The van der Waals surface area contributed by atoms with Crippen molar-refractivity contribution in [1.29, 1.82) is 0 Å². The number of hydrogen-bond donors (Lipinski definition) is 2. The Balaban J connectivity index is 1.98. The van der Waals surface area contributed by atoms with Crippen molar-refractivity contribution in [1.82, 2.24) is 20.0 Å². The zero-order chi connectivity index (χ0) is 16.8. The number of nitrogens with zero attached hydrogens (tertiary/aromatic N) is 3. The van der Waals surface area contributed by atoms with E-state index < -0.39 is 0 Å². The van der Waals surface area contributed by atoms with Crippen LogP contribution in [0.2, 0.25) is 0 Å². The first-order chi connectivity index (χ1) is 11.0. The van der Waals surface area contributed by atoms with Gasteiger partial charge in [-0.2, -0.15) is 5.10 Å². The molecule has 0 saturated heterocycles. The fraction of sp³-hybridized carbons (Fsp3) is 0.375. The van der Waals surface area contributed by atoms with Gasteiger partial charge in [-0.3, -0.25) is 10.00 Å². The SMILES string of the molecule is COc1cccc(C(CNC(=O)Nc2ccn(C)n2)N(C)C)c1. The van der Waals surface area contributed by atoms with Gasteiger partial charge < -0.3 is 15.0 Å². The number of aryl methyl sites for hydroxylation is 1. The van der Waals surface area contributed by atoms with E-state index in [0.29, 0.717) is 12.4 Å². The second kappa shape index (κ2) is 7.64. The van der Waals surface area contributed by atoms with Crippen LogP contribution >= 0.6 is 0 Å². The third kappa shape index (κ3) is 4.72. The molecule has 0 fully saturated rings. The Morgan fingerprint density at radius 1 is 1.39 bits per heavy atom. The molecule has 0 spiro atoms. The van der Waals surface area contributed by atoms with Crippen LogP contribution in [0.15, 0.2) is 36.5 Å². The molecule has 7 nitrogen and oxygen atoms in total. The second-order valence-electron chi connectivity index (χ2n) is 5.47. The first kappa shape index (κ1) is 16.8. The number of urea groups is 1. The molecule has 2 amide bonds. The molecule has 0 aliphatic heterocycles. The number of methoxy groups -OCH3 is 1. The number of anilines is 1. The van der Waals surface area contributed by atoms with Crippen molar-refractivity contribution in [3.8, 4) is 5.75 Å². The van der Waals surface area contributed by atoms with Gasteiger partial charge >= 0.3 is 6.03 Å². The van der Waals surface area contributed by atoms with Crippen LogP contribution in [0, 0.1) is 0 Å². The molecule has 1 atom stereocenters. The number of carbonyl (C=O) groups is 1. The summed E-state index contributed by atoms with van der Waals surface area (Å²) >= 11 is 0. The van der Waals surface area contributed by atoms with Crippen molar-refractivity contribution in [3.63, 3.8) is 0 Å². The summed E-state index contributed by atoms with van der Waals surface area (Å²) in [5, 5.41) is 9.69. The quantitative estimate of drug-likeness (QED) is 0.853. The molecule has 1 unspecified atom stereocenters. The highest BCUT2D eigenvalue weighted by molar-refractivity contribution is 5.88. The lowest BCUT2D eigenvalue weighted by molar-refractivity contribution is 0.243. The predicted octanol–water partition coefficient (Wildman–Crippen LogP) is 1.85. The predicted molar refractivity (Wildman–Crippen MR) is 89.7 cm³/mol. The number of nitrogens with one attached hydrogen (secondary N) is 2. The van der Waals surface area contributed by atoms with Gasteiger partial charge in [-0.05, 0) is 31.8 Å². The summed E-state index contributed by atoms with van der Waals surface area (Å²) in [4.78, 5) is 14.0. The number of likely N-dealkylation sites (N-methyl/N-ethyl adjacent to an activating group) is 1. The third-order valence-corrected chi connectivity index (χ3v) is 3.51. The van der Waals surface area contributed by atoms with Crippen LogP contribution in [-0.4, -0.2) is 48.5 Å². The van der Waals surface area contributed by atoms with Gasteiger partial charge in [-0.15, -0.1) is 0 Å². The molecule has 2 aromatic rings. The van der Waals surface area contributed by atoms with E-state index in [1.165, 1.54) is 0 Å². The van der Waals surface area contributed by atoms with Crippen molar-refractivity contribution in [2.24, 2.45) is 7.05 Å². The average Bonchev–Trinajstić information content (AvgIpc) is 2.92. The molecule has 0 aliphatic rings. The Kier molecular flexibility index (Phi) is 5.59. The van der Waals surface area contributed by atoms with E-state index in [1.807, 2.05) is 38.4 Å². The van der Waals surface area contributed by atoms with Crippen LogP contribution in [0.5, 0.6) is 5.75 Å². The van der Waals surface area contributed by atoms with Gasteiger partial charge in [-0.25, -0.2) is 4.79 Å². The van der Waals surface area contributed by atoms with Crippen LogP contribution < -0.4 is 15.4 Å². The molecule has 7 heteroatoms. The zero-order valence-electron chi connectivity index (χ0n) is 13.9. The van der Waals surface area contributed by atoms with Crippen LogP contribution in [0.1, 0.15) is 11.6 Å².